The molecule has 3 nitrogen and oxygen atoms in total. The van der Waals surface area contributed by atoms with Crippen molar-refractivity contribution in [3.05, 3.63) is 18.0 Å². The molecule has 2 rings (SSSR count). The van der Waals surface area contributed by atoms with E-state index >= 15 is 0 Å². The highest BCUT2D eigenvalue weighted by Crippen LogP contribution is 2.38. The van der Waals surface area contributed by atoms with E-state index in [1.165, 1.54) is 18.5 Å². The monoisotopic (exact) mass is 179 g/mol. The molecule has 0 amide bonds. The largest absolute Gasteiger partial charge is 0.330 e. The lowest BCUT2D eigenvalue weighted by Gasteiger charge is -2.07. The summed E-state index contributed by atoms with van der Waals surface area (Å²) >= 11 is 0. The van der Waals surface area contributed by atoms with Crippen molar-refractivity contribution in [3.8, 4) is 0 Å². The molecule has 0 radical (unpaired) electrons. The molecule has 0 saturated heterocycles. The predicted octanol–water partition coefficient (Wildman–Crippen LogP) is 1.36. The fourth-order valence-corrected chi connectivity index (χ4v) is 1.47. The molecule has 1 aliphatic carbocycles. The Labute approximate surface area is 78.9 Å². The van der Waals surface area contributed by atoms with Crippen molar-refractivity contribution in [2.45, 2.75) is 32.2 Å². The first kappa shape index (κ1) is 8.75. The highest BCUT2D eigenvalue weighted by atomic mass is 15.3. The zero-order chi connectivity index (χ0) is 9.26. The molecule has 2 N–H and O–H groups in total. The maximum Gasteiger partial charge on any atom is 0.0655 e. The Morgan fingerprint density at radius 2 is 2.46 bits per heavy atom. The standard InChI is InChI=1S/C10H17N3/c1-8(6-11)7-13-5-4-10(12-13)9-2-3-9/h4-5,8-9H,2-3,6-7,11H2,1H3. The van der Waals surface area contributed by atoms with Crippen molar-refractivity contribution in [2.75, 3.05) is 6.54 Å². The second-order valence-corrected chi connectivity index (χ2v) is 4.08. The second-order valence-electron chi connectivity index (χ2n) is 4.08. The number of hydrogen-bond donors (Lipinski definition) is 1. The van der Waals surface area contributed by atoms with Crippen LogP contribution in [0.25, 0.3) is 0 Å². The van der Waals surface area contributed by atoms with E-state index in [0.717, 1.165) is 19.0 Å². The Kier molecular flexibility index (Phi) is 2.36. The number of nitrogens with zero attached hydrogens (tertiary/aromatic N) is 2. The van der Waals surface area contributed by atoms with Crippen LogP contribution in [0.2, 0.25) is 0 Å². The highest BCUT2D eigenvalue weighted by molar-refractivity contribution is 5.12. The minimum absolute atomic E-state index is 0.520. The molecule has 1 heterocycles. The van der Waals surface area contributed by atoms with Gasteiger partial charge in [0.25, 0.3) is 0 Å². The lowest BCUT2D eigenvalue weighted by molar-refractivity contribution is 0.456. The van der Waals surface area contributed by atoms with Gasteiger partial charge < -0.3 is 5.73 Å². The van der Waals surface area contributed by atoms with Gasteiger partial charge in [-0.2, -0.15) is 5.10 Å². The molecule has 72 valence electrons. The third-order valence-corrected chi connectivity index (χ3v) is 2.56. The Hall–Kier alpha value is -0.830. The van der Waals surface area contributed by atoms with E-state index in [2.05, 4.69) is 24.3 Å². The number of hydrogen-bond acceptors (Lipinski definition) is 2. The summed E-state index contributed by atoms with van der Waals surface area (Å²) in [4.78, 5) is 0. The van der Waals surface area contributed by atoms with Crippen molar-refractivity contribution in [1.29, 1.82) is 0 Å². The van der Waals surface area contributed by atoms with Gasteiger partial charge in [0.1, 0.15) is 0 Å². The first-order valence-electron chi connectivity index (χ1n) is 5.03. The molecular weight excluding hydrogens is 162 g/mol. The van der Waals surface area contributed by atoms with Crippen LogP contribution >= 0.6 is 0 Å². The third kappa shape index (κ3) is 2.10. The second kappa shape index (κ2) is 3.50. The minimum atomic E-state index is 0.520. The van der Waals surface area contributed by atoms with Crippen LogP contribution in [0.3, 0.4) is 0 Å². The molecular formula is C10H17N3. The van der Waals surface area contributed by atoms with E-state index in [9.17, 15) is 0 Å². The maximum absolute atomic E-state index is 5.56. The summed E-state index contributed by atoms with van der Waals surface area (Å²) in [5.74, 6) is 1.28. The SMILES string of the molecule is CC(CN)Cn1ccc(C2CC2)n1. The van der Waals surface area contributed by atoms with Gasteiger partial charge in [-0.1, -0.05) is 6.92 Å². The fraction of sp³-hybridized carbons (Fsp3) is 0.700. The van der Waals surface area contributed by atoms with Gasteiger partial charge in [0.05, 0.1) is 5.69 Å². The van der Waals surface area contributed by atoms with Crippen molar-refractivity contribution in [1.82, 2.24) is 9.78 Å². The van der Waals surface area contributed by atoms with E-state index in [4.69, 9.17) is 5.73 Å². The first-order chi connectivity index (χ1) is 6.29. The summed E-state index contributed by atoms with van der Waals surface area (Å²) in [5.41, 5.74) is 6.83. The van der Waals surface area contributed by atoms with Gasteiger partial charge in [-0.15, -0.1) is 0 Å². The fourth-order valence-electron chi connectivity index (χ4n) is 1.47. The molecule has 3 heteroatoms. The van der Waals surface area contributed by atoms with Gasteiger partial charge in [0.2, 0.25) is 0 Å². The number of nitrogens with two attached hydrogens (primary N) is 1. The summed E-state index contributed by atoms with van der Waals surface area (Å²) in [7, 11) is 0. The van der Waals surface area contributed by atoms with E-state index < -0.39 is 0 Å². The van der Waals surface area contributed by atoms with Gasteiger partial charge in [-0.3, -0.25) is 4.68 Å². The highest BCUT2D eigenvalue weighted by Gasteiger charge is 2.25. The Bertz CT molecular complexity index is 275. The molecule has 1 atom stereocenters. The average Bonchev–Trinajstić information content (AvgIpc) is 2.88. The van der Waals surface area contributed by atoms with Crippen molar-refractivity contribution in [3.63, 3.8) is 0 Å². The summed E-state index contributed by atoms with van der Waals surface area (Å²) < 4.78 is 2.02. The molecule has 1 aromatic rings. The molecule has 1 saturated carbocycles. The normalized spacial score (nSPS) is 18.9. The summed E-state index contributed by atoms with van der Waals surface area (Å²) in [6, 6.07) is 2.14. The predicted molar refractivity (Wildman–Crippen MR) is 52.4 cm³/mol. The van der Waals surface area contributed by atoms with Crippen LogP contribution < -0.4 is 5.73 Å². The molecule has 1 aromatic heterocycles. The minimum Gasteiger partial charge on any atom is -0.330 e. The Balaban J connectivity index is 1.96. The summed E-state index contributed by atoms with van der Waals surface area (Å²) in [6.07, 6.45) is 4.72. The smallest absolute Gasteiger partial charge is 0.0655 e. The molecule has 1 unspecified atom stereocenters. The van der Waals surface area contributed by atoms with Crippen molar-refractivity contribution >= 4 is 0 Å². The van der Waals surface area contributed by atoms with E-state index in [0.29, 0.717) is 5.92 Å². The molecule has 0 aliphatic heterocycles. The van der Waals surface area contributed by atoms with Crippen LogP contribution in [0.15, 0.2) is 12.3 Å². The van der Waals surface area contributed by atoms with Crippen LogP contribution in [0.4, 0.5) is 0 Å². The zero-order valence-corrected chi connectivity index (χ0v) is 8.11. The number of rotatable bonds is 4. The zero-order valence-electron chi connectivity index (χ0n) is 8.11. The quantitative estimate of drug-likeness (QED) is 0.758. The average molecular weight is 179 g/mol. The van der Waals surface area contributed by atoms with Crippen LogP contribution in [0.1, 0.15) is 31.4 Å². The van der Waals surface area contributed by atoms with Gasteiger partial charge in [0.15, 0.2) is 0 Å². The van der Waals surface area contributed by atoms with E-state index in [1.54, 1.807) is 0 Å². The lowest BCUT2D eigenvalue weighted by Crippen LogP contribution is -2.17. The lowest BCUT2D eigenvalue weighted by atomic mass is 10.2. The molecule has 0 bridgehead atoms. The molecule has 1 aliphatic rings. The number of aromatic nitrogens is 2. The van der Waals surface area contributed by atoms with Crippen LogP contribution in [-0.4, -0.2) is 16.3 Å². The topological polar surface area (TPSA) is 43.8 Å². The summed E-state index contributed by atoms with van der Waals surface area (Å²) in [5, 5.41) is 4.52. The molecule has 1 fully saturated rings. The first-order valence-corrected chi connectivity index (χ1v) is 5.03. The van der Waals surface area contributed by atoms with Crippen LogP contribution in [0.5, 0.6) is 0 Å². The van der Waals surface area contributed by atoms with Gasteiger partial charge in [0, 0.05) is 18.7 Å². The van der Waals surface area contributed by atoms with Crippen molar-refractivity contribution in [2.24, 2.45) is 11.7 Å². The Morgan fingerprint density at radius 1 is 1.69 bits per heavy atom. The van der Waals surface area contributed by atoms with Gasteiger partial charge in [-0.25, -0.2) is 0 Å². The molecule has 0 spiro atoms. The van der Waals surface area contributed by atoms with Gasteiger partial charge in [-0.05, 0) is 31.4 Å². The van der Waals surface area contributed by atoms with Crippen LogP contribution in [-0.2, 0) is 6.54 Å². The van der Waals surface area contributed by atoms with Gasteiger partial charge >= 0.3 is 0 Å². The molecule has 13 heavy (non-hydrogen) atoms. The third-order valence-electron chi connectivity index (χ3n) is 2.56. The van der Waals surface area contributed by atoms with Crippen LogP contribution in [0, 0.1) is 5.92 Å². The maximum atomic E-state index is 5.56. The Morgan fingerprint density at radius 3 is 3.08 bits per heavy atom. The molecule has 0 aromatic carbocycles. The van der Waals surface area contributed by atoms with Crippen molar-refractivity contribution < 1.29 is 0 Å². The van der Waals surface area contributed by atoms with E-state index in [1.807, 2.05) is 4.68 Å². The summed E-state index contributed by atoms with van der Waals surface area (Å²) in [6.45, 7) is 3.83. The van der Waals surface area contributed by atoms with E-state index in [-0.39, 0.29) is 0 Å².